The summed E-state index contributed by atoms with van der Waals surface area (Å²) in [7, 11) is 0. The van der Waals surface area contributed by atoms with Gasteiger partial charge in [-0.1, -0.05) is 0 Å². The molecular weight excluding hydrogens is 250 g/mol. The number of ether oxygens (including phenoxy) is 1. The van der Waals surface area contributed by atoms with Crippen molar-refractivity contribution in [2.24, 2.45) is 0 Å². The van der Waals surface area contributed by atoms with Crippen molar-refractivity contribution in [1.82, 2.24) is 25.0 Å². The number of carboxylic acid groups (broad SMARTS) is 1. The van der Waals surface area contributed by atoms with E-state index in [4.69, 9.17) is 9.84 Å². The average molecular weight is 257 g/mol. The van der Waals surface area contributed by atoms with Gasteiger partial charge in [0.05, 0.1) is 18.0 Å². The van der Waals surface area contributed by atoms with E-state index in [0.717, 1.165) is 0 Å². The third-order valence-corrected chi connectivity index (χ3v) is 2.40. The van der Waals surface area contributed by atoms with Gasteiger partial charge in [0.25, 0.3) is 0 Å². The second kappa shape index (κ2) is 4.33. The number of tetrazole rings is 1. The van der Waals surface area contributed by atoms with Gasteiger partial charge in [0.1, 0.15) is 5.75 Å². The van der Waals surface area contributed by atoms with Crippen molar-refractivity contribution in [3.8, 4) is 11.6 Å². The van der Waals surface area contributed by atoms with Gasteiger partial charge in [-0.25, -0.2) is 4.79 Å². The molecule has 94 valence electrons. The number of aromatic carboxylic acids is 1. The summed E-state index contributed by atoms with van der Waals surface area (Å²) in [5.74, 6) is -0.184. The standard InChI is InChI=1S/C11H7N5O3/c17-11(18)7-1-3-8(4-2-7)19-10-6-12-5-9-13-14-15-16(9)10/h1-6H,(H,17,18). The van der Waals surface area contributed by atoms with Crippen molar-refractivity contribution in [3.63, 3.8) is 0 Å². The molecule has 0 aliphatic carbocycles. The number of nitrogens with zero attached hydrogens (tertiary/aromatic N) is 5. The maximum absolute atomic E-state index is 10.7. The van der Waals surface area contributed by atoms with E-state index in [9.17, 15) is 4.79 Å². The Morgan fingerprint density at radius 2 is 2.00 bits per heavy atom. The summed E-state index contributed by atoms with van der Waals surface area (Å²) in [5, 5.41) is 19.8. The van der Waals surface area contributed by atoms with Crippen molar-refractivity contribution < 1.29 is 14.6 Å². The van der Waals surface area contributed by atoms with E-state index in [0.29, 0.717) is 17.3 Å². The maximum Gasteiger partial charge on any atom is 0.335 e. The average Bonchev–Trinajstić information content (AvgIpc) is 2.89. The fraction of sp³-hybridized carbons (Fsp3) is 0. The van der Waals surface area contributed by atoms with Gasteiger partial charge in [0, 0.05) is 0 Å². The molecule has 0 aliphatic heterocycles. The van der Waals surface area contributed by atoms with Crippen LogP contribution in [0.4, 0.5) is 0 Å². The summed E-state index contributed by atoms with van der Waals surface area (Å²) in [6, 6.07) is 5.99. The van der Waals surface area contributed by atoms with Crippen LogP contribution in [0.3, 0.4) is 0 Å². The van der Waals surface area contributed by atoms with Gasteiger partial charge in [0.15, 0.2) is 0 Å². The molecule has 0 atom stereocenters. The largest absolute Gasteiger partial charge is 0.478 e. The van der Waals surface area contributed by atoms with E-state index in [1.807, 2.05) is 0 Å². The number of carbonyl (C=O) groups is 1. The molecule has 0 saturated heterocycles. The van der Waals surface area contributed by atoms with E-state index in [1.54, 1.807) is 12.1 Å². The van der Waals surface area contributed by atoms with E-state index in [1.165, 1.54) is 29.0 Å². The molecule has 0 unspecified atom stereocenters. The van der Waals surface area contributed by atoms with Gasteiger partial charge in [-0.05, 0) is 34.7 Å². The van der Waals surface area contributed by atoms with Gasteiger partial charge in [-0.2, -0.15) is 4.52 Å². The van der Waals surface area contributed by atoms with Gasteiger partial charge in [0.2, 0.25) is 11.5 Å². The highest BCUT2D eigenvalue weighted by Crippen LogP contribution is 2.20. The van der Waals surface area contributed by atoms with Crippen molar-refractivity contribution in [2.45, 2.75) is 0 Å². The highest BCUT2D eigenvalue weighted by molar-refractivity contribution is 5.87. The molecule has 0 aliphatic rings. The highest BCUT2D eigenvalue weighted by atomic mass is 16.5. The predicted molar refractivity (Wildman–Crippen MR) is 62.1 cm³/mol. The van der Waals surface area contributed by atoms with Crippen LogP contribution < -0.4 is 4.74 Å². The minimum Gasteiger partial charge on any atom is -0.478 e. The fourth-order valence-electron chi connectivity index (χ4n) is 1.51. The Labute approximate surface area is 106 Å². The zero-order valence-corrected chi connectivity index (χ0v) is 9.46. The Bertz CT molecular complexity index is 737. The van der Waals surface area contributed by atoms with Crippen LogP contribution in [0, 0.1) is 0 Å². The maximum atomic E-state index is 10.7. The first kappa shape index (κ1) is 11.1. The van der Waals surface area contributed by atoms with Crippen molar-refractivity contribution in [3.05, 3.63) is 42.2 Å². The number of aromatic nitrogens is 5. The molecule has 0 amide bonds. The normalized spacial score (nSPS) is 10.5. The number of carboxylic acids is 1. The lowest BCUT2D eigenvalue weighted by Crippen LogP contribution is -1.98. The lowest BCUT2D eigenvalue weighted by atomic mass is 10.2. The monoisotopic (exact) mass is 257 g/mol. The molecule has 8 nitrogen and oxygen atoms in total. The molecule has 0 bridgehead atoms. The summed E-state index contributed by atoms with van der Waals surface area (Å²) < 4.78 is 6.94. The van der Waals surface area contributed by atoms with Crippen LogP contribution in [0.5, 0.6) is 11.6 Å². The Hall–Kier alpha value is -3.03. The van der Waals surface area contributed by atoms with Gasteiger partial charge < -0.3 is 9.84 Å². The molecule has 0 fully saturated rings. The SMILES string of the molecule is O=C(O)c1ccc(Oc2cncc3nnnn23)cc1. The van der Waals surface area contributed by atoms with E-state index < -0.39 is 5.97 Å². The molecule has 2 heterocycles. The van der Waals surface area contributed by atoms with Crippen molar-refractivity contribution >= 4 is 11.6 Å². The van der Waals surface area contributed by atoms with E-state index in [2.05, 4.69) is 20.5 Å². The highest BCUT2D eigenvalue weighted by Gasteiger charge is 2.07. The van der Waals surface area contributed by atoms with Gasteiger partial charge in [-0.15, -0.1) is 5.10 Å². The van der Waals surface area contributed by atoms with Gasteiger partial charge in [-0.3, -0.25) is 4.98 Å². The summed E-state index contributed by atoms with van der Waals surface area (Å²) in [6.07, 6.45) is 2.97. The Balaban J connectivity index is 1.92. The molecule has 3 rings (SSSR count). The number of hydrogen-bond acceptors (Lipinski definition) is 6. The van der Waals surface area contributed by atoms with Crippen LogP contribution in [0.25, 0.3) is 5.65 Å². The number of benzene rings is 1. The minimum absolute atomic E-state index is 0.186. The topological polar surface area (TPSA) is 102 Å². The molecule has 19 heavy (non-hydrogen) atoms. The molecule has 3 aromatic rings. The van der Waals surface area contributed by atoms with Crippen molar-refractivity contribution in [1.29, 1.82) is 0 Å². The fourth-order valence-corrected chi connectivity index (χ4v) is 1.51. The van der Waals surface area contributed by atoms with Crippen LogP contribution in [0.15, 0.2) is 36.7 Å². The molecule has 2 aromatic heterocycles. The summed E-state index contributed by atoms with van der Waals surface area (Å²) in [5.41, 5.74) is 0.644. The van der Waals surface area contributed by atoms with E-state index >= 15 is 0 Å². The van der Waals surface area contributed by atoms with Crippen LogP contribution in [-0.2, 0) is 0 Å². The minimum atomic E-state index is -0.990. The summed E-state index contributed by atoms with van der Waals surface area (Å²) in [4.78, 5) is 14.7. The third kappa shape index (κ3) is 2.06. The molecular formula is C11H7N5O3. The summed E-state index contributed by atoms with van der Waals surface area (Å²) in [6.45, 7) is 0. The quantitative estimate of drug-likeness (QED) is 0.746. The van der Waals surface area contributed by atoms with Gasteiger partial charge >= 0.3 is 5.97 Å². The first-order valence-corrected chi connectivity index (χ1v) is 5.27. The summed E-state index contributed by atoms with van der Waals surface area (Å²) >= 11 is 0. The Morgan fingerprint density at radius 1 is 1.21 bits per heavy atom. The number of hydrogen-bond donors (Lipinski definition) is 1. The molecule has 0 radical (unpaired) electrons. The first-order valence-electron chi connectivity index (χ1n) is 5.27. The molecule has 0 saturated carbocycles. The van der Waals surface area contributed by atoms with Crippen LogP contribution >= 0.6 is 0 Å². The smallest absolute Gasteiger partial charge is 0.335 e. The van der Waals surface area contributed by atoms with Crippen molar-refractivity contribution in [2.75, 3.05) is 0 Å². The molecule has 0 spiro atoms. The first-order chi connectivity index (χ1) is 9.24. The molecule has 8 heteroatoms. The molecule has 1 N–H and O–H groups in total. The second-order valence-electron chi connectivity index (χ2n) is 3.63. The second-order valence-corrected chi connectivity index (χ2v) is 3.63. The third-order valence-electron chi connectivity index (χ3n) is 2.40. The number of rotatable bonds is 3. The van der Waals surface area contributed by atoms with Crippen LogP contribution in [0.1, 0.15) is 10.4 Å². The van der Waals surface area contributed by atoms with Crippen LogP contribution in [0.2, 0.25) is 0 Å². The zero-order chi connectivity index (χ0) is 13.2. The lowest BCUT2D eigenvalue weighted by molar-refractivity contribution is 0.0697. The number of fused-ring (bicyclic) bond motifs is 1. The van der Waals surface area contributed by atoms with Crippen LogP contribution in [-0.4, -0.2) is 36.1 Å². The Morgan fingerprint density at radius 3 is 2.74 bits per heavy atom. The predicted octanol–water partition coefficient (Wildman–Crippen LogP) is 1.01. The lowest BCUT2D eigenvalue weighted by Gasteiger charge is -2.05. The Kier molecular flexibility index (Phi) is 2.53. The molecule has 1 aromatic carbocycles. The van der Waals surface area contributed by atoms with E-state index in [-0.39, 0.29) is 5.56 Å². The zero-order valence-electron chi connectivity index (χ0n) is 9.46.